The van der Waals surface area contributed by atoms with E-state index in [0.717, 1.165) is 22.5 Å². The van der Waals surface area contributed by atoms with E-state index in [1.165, 1.54) is 6.07 Å². The van der Waals surface area contributed by atoms with Crippen molar-refractivity contribution in [2.45, 2.75) is 33.0 Å². The van der Waals surface area contributed by atoms with Crippen LogP contribution in [-0.4, -0.2) is 35.6 Å². The zero-order valence-corrected chi connectivity index (χ0v) is 20.0. The second-order valence-corrected chi connectivity index (χ2v) is 8.92. The van der Waals surface area contributed by atoms with Crippen molar-refractivity contribution in [3.63, 3.8) is 0 Å². The van der Waals surface area contributed by atoms with Gasteiger partial charge in [0.25, 0.3) is 5.56 Å². The van der Waals surface area contributed by atoms with Gasteiger partial charge < -0.3 is 15.3 Å². The number of carboxylic acid groups (broad SMARTS) is 1. The molecule has 5 rings (SSSR count). The highest BCUT2D eigenvalue weighted by Gasteiger charge is 2.26. The van der Waals surface area contributed by atoms with Crippen molar-refractivity contribution in [3.8, 4) is 0 Å². The molecule has 0 saturated carbocycles. The molecule has 4 heterocycles. The molecule has 0 bridgehead atoms. The van der Waals surface area contributed by atoms with Gasteiger partial charge in [0.1, 0.15) is 5.15 Å². The number of benzene rings is 1. The summed E-state index contributed by atoms with van der Waals surface area (Å²) in [5.74, 6) is -0.680. The maximum atomic E-state index is 13.4. The zero-order chi connectivity index (χ0) is 24.9. The summed E-state index contributed by atoms with van der Waals surface area (Å²) in [5, 5.41) is 13.3. The number of aromatic carboxylic acids is 1. The molecule has 0 spiro atoms. The molecular weight excluding hydrogens is 470 g/mol. The van der Waals surface area contributed by atoms with E-state index in [1.54, 1.807) is 30.1 Å². The van der Waals surface area contributed by atoms with Gasteiger partial charge >= 0.3 is 5.97 Å². The Hall–Kier alpha value is -4.05. The monoisotopic (exact) mass is 491 g/mol. The number of carboxylic acids is 1. The van der Waals surface area contributed by atoms with Crippen LogP contribution >= 0.6 is 11.6 Å². The lowest BCUT2D eigenvalue weighted by molar-refractivity contribution is 0.0691. The summed E-state index contributed by atoms with van der Waals surface area (Å²) in [5.41, 5.74) is 3.89. The third-order valence-electron chi connectivity index (χ3n) is 6.06. The summed E-state index contributed by atoms with van der Waals surface area (Å²) in [6.07, 6.45) is 3.31. The predicted molar refractivity (Wildman–Crippen MR) is 132 cm³/mol. The summed E-state index contributed by atoms with van der Waals surface area (Å²) in [4.78, 5) is 44.7. The molecule has 1 aliphatic rings. The normalized spacial score (nSPS) is 13.7. The number of aromatic nitrogens is 5. The van der Waals surface area contributed by atoms with Gasteiger partial charge in [-0.05, 0) is 37.6 Å². The standard InChI is InChI=1S/C24H22ClN7O3/c1-12-8-14(13(2)28-16-4-5-19(25)29-21(16)23(34)35)20-15(9-12)22(33)31(3)24(30-20)32-10-17-18(11-32)27-7-6-26-17/h4-9,13,28H,10-11H2,1-3H3,(H,34,35)/t13-/m1/s1. The number of hydrogen-bond donors (Lipinski definition) is 2. The second-order valence-electron chi connectivity index (χ2n) is 8.53. The van der Waals surface area contributed by atoms with Gasteiger partial charge in [0, 0.05) is 25.0 Å². The van der Waals surface area contributed by atoms with Crippen LogP contribution in [0.3, 0.4) is 0 Å². The third-order valence-corrected chi connectivity index (χ3v) is 6.27. The van der Waals surface area contributed by atoms with E-state index < -0.39 is 5.97 Å². The van der Waals surface area contributed by atoms with Crippen molar-refractivity contribution >= 4 is 40.1 Å². The smallest absolute Gasteiger partial charge is 0.356 e. The van der Waals surface area contributed by atoms with Crippen molar-refractivity contribution < 1.29 is 9.90 Å². The van der Waals surface area contributed by atoms with Crippen LogP contribution in [-0.2, 0) is 20.1 Å². The number of carbonyl (C=O) groups is 1. The predicted octanol–water partition coefficient (Wildman–Crippen LogP) is 3.47. The fourth-order valence-electron chi connectivity index (χ4n) is 4.40. The lowest BCUT2D eigenvalue weighted by Gasteiger charge is -2.22. The minimum atomic E-state index is -1.19. The number of rotatable bonds is 5. The van der Waals surface area contributed by atoms with E-state index in [0.29, 0.717) is 35.6 Å². The Kier molecular flexibility index (Phi) is 5.60. The first-order valence-corrected chi connectivity index (χ1v) is 11.3. The van der Waals surface area contributed by atoms with Crippen LogP contribution in [0.2, 0.25) is 5.15 Å². The van der Waals surface area contributed by atoms with Gasteiger partial charge in [-0.25, -0.2) is 14.8 Å². The molecule has 11 heteroatoms. The van der Waals surface area contributed by atoms with Crippen molar-refractivity contribution in [2.24, 2.45) is 7.05 Å². The van der Waals surface area contributed by atoms with Gasteiger partial charge in [-0.2, -0.15) is 0 Å². The van der Waals surface area contributed by atoms with Crippen molar-refractivity contribution in [2.75, 3.05) is 10.2 Å². The number of nitrogens with zero attached hydrogens (tertiary/aromatic N) is 6. The van der Waals surface area contributed by atoms with E-state index in [-0.39, 0.29) is 22.4 Å². The topological polar surface area (TPSA) is 126 Å². The molecule has 1 aromatic carbocycles. The summed E-state index contributed by atoms with van der Waals surface area (Å²) >= 11 is 5.90. The molecule has 35 heavy (non-hydrogen) atoms. The highest BCUT2D eigenvalue weighted by atomic mass is 35.5. The number of hydrogen-bond acceptors (Lipinski definition) is 8. The first-order chi connectivity index (χ1) is 16.7. The fraction of sp³-hybridized carbons (Fsp3) is 0.250. The lowest BCUT2D eigenvalue weighted by Crippen LogP contribution is -2.28. The average molecular weight is 492 g/mol. The fourth-order valence-corrected chi connectivity index (χ4v) is 4.55. The average Bonchev–Trinajstić information content (AvgIpc) is 3.26. The molecule has 0 amide bonds. The largest absolute Gasteiger partial charge is 0.476 e. The molecule has 0 saturated heterocycles. The van der Waals surface area contributed by atoms with Crippen molar-refractivity contribution in [1.82, 2.24) is 24.5 Å². The van der Waals surface area contributed by atoms with Gasteiger partial charge in [0.2, 0.25) is 5.95 Å². The van der Waals surface area contributed by atoms with Crippen LogP contribution in [0.4, 0.5) is 11.6 Å². The molecular formula is C24H22ClN7O3. The van der Waals surface area contributed by atoms with E-state index in [2.05, 4.69) is 20.3 Å². The lowest BCUT2D eigenvalue weighted by atomic mass is 10.0. The molecule has 0 fully saturated rings. The van der Waals surface area contributed by atoms with E-state index in [1.807, 2.05) is 30.9 Å². The number of aryl methyl sites for hydroxylation is 1. The Morgan fingerprint density at radius 2 is 1.83 bits per heavy atom. The molecule has 0 aliphatic carbocycles. The van der Waals surface area contributed by atoms with Crippen LogP contribution in [0.25, 0.3) is 10.9 Å². The molecule has 1 aliphatic heterocycles. The summed E-state index contributed by atoms with van der Waals surface area (Å²) in [7, 11) is 1.70. The Bertz CT molecular complexity index is 1530. The van der Waals surface area contributed by atoms with Crippen LogP contribution < -0.4 is 15.8 Å². The molecule has 0 unspecified atom stereocenters. The number of halogens is 1. The highest BCUT2D eigenvalue weighted by Crippen LogP contribution is 2.30. The minimum Gasteiger partial charge on any atom is -0.476 e. The van der Waals surface area contributed by atoms with Crippen molar-refractivity contribution in [3.05, 3.63) is 80.4 Å². The molecule has 2 N–H and O–H groups in total. The first kappa shape index (κ1) is 22.7. The molecule has 0 radical (unpaired) electrons. The number of anilines is 2. The molecule has 1 atom stereocenters. The Balaban J connectivity index is 1.60. The minimum absolute atomic E-state index is 0.0898. The number of fused-ring (bicyclic) bond motifs is 2. The van der Waals surface area contributed by atoms with E-state index in [4.69, 9.17) is 16.6 Å². The van der Waals surface area contributed by atoms with Crippen LogP contribution in [0.15, 0.2) is 41.5 Å². The maximum absolute atomic E-state index is 13.4. The van der Waals surface area contributed by atoms with Gasteiger partial charge in [0.15, 0.2) is 5.69 Å². The number of nitrogens with one attached hydrogen (secondary N) is 1. The molecule has 10 nitrogen and oxygen atoms in total. The van der Waals surface area contributed by atoms with Gasteiger partial charge in [-0.15, -0.1) is 0 Å². The van der Waals surface area contributed by atoms with E-state index >= 15 is 0 Å². The molecule has 3 aromatic heterocycles. The summed E-state index contributed by atoms with van der Waals surface area (Å²) < 4.78 is 1.54. The number of pyridine rings is 1. The molecule has 4 aromatic rings. The Morgan fingerprint density at radius 1 is 1.14 bits per heavy atom. The molecule has 178 valence electrons. The summed E-state index contributed by atoms with van der Waals surface area (Å²) in [6, 6.07) is 6.48. The van der Waals surface area contributed by atoms with Gasteiger partial charge in [-0.1, -0.05) is 17.7 Å². The van der Waals surface area contributed by atoms with Crippen LogP contribution in [0, 0.1) is 6.92 Å². The maximum Gasteiger partial charge on any atom is 0.356 e. The quantitative estimate of drug-likeness (QED) is 0.403. The Labute approximate surface area is 205 Å². The third kappa shape index (κ3) is 4.06. The zero-order valence-electron chi connectivity index (χ0n) is 19.3. The van der Waals surface area contributed by atoms with Crippen LogP contribution in [0.1, 0.15) is 46.0 Å². The van der Waals surface area contributed by atoms with E-state index in [9.17, 15) is 14.7 Å². The second kappa shape index (κ2) is 8.62. The Morgan fingerprint density at radius 3 is 2.49 bits per heavy atom. The van der Waals surface area contributed by atoms with Gasteiger partial charge in [-0.3, -0.25) is 19.3 Å². The highest BCUT2D eigenvalue weighted by molar-refractivity contribution is 6.29. The van der Waals surface area contributed by atoms with Crippen LogP contribution in [0.5, 0.6) is 0 Å². The van der Waals surface area contributed by atoms with Gasteiger partial charge in [0.05, 0.1) is 47.1 Å². The summed E-state index contributed by atoms with van der Waals surface area (Å²) in [6.45, 7) is 4.79. The van der Waals surface area contributed by atoms with Crippen molar-refractivity contribution in [1.29, 1.82) is 0 Å². The SMILES string of the molecule is Cc1cc([C@@H](C)Nc2ccc(Cl)nc2C(=O)O)c2nc(N3Cc4nccnc4C3)n(C)c(=O)c2c1. The first-order valence-electron chi connectivity index (χ1n) is 10.9.